The van der Waals surface area contributed by atoms with Crippen LogP contribution in [0.2, 0.25) is 0 Å². The number of ether oxygens (including phenoxy) is 1. The SMILES string of the molecule is COc1c(Br)cc(Br)cc1/C=N\n1c(SC)nnc1C(C)C. The molecule has 0 atom stereocenters. The second-order valence-electron chi connectivity index (χ2n) is 4.77. The molecule has 0 fully saturated rings. The van der Waals surface area contributed by atoms with Crippen molar-refractivity contribution in [1.29, 1.82) is 0 Å². The van der Waals surface area contributed by atoms with Crippen molar-refractivity contribution in [2.24, 2.45) is 5.10 Å². The summed E-state index contributed by atoms with van der Waals surface area (Å²) >= 11 is 8.48. The van der Waals surface area contributed by atoms with Crippen LogP contribution in [0.25, 0.3) is 0 Å². The van der Waals surface area contributed by atoms with Gasteiger partial charge in [0.25, 0.3) is 0 Å². The Balaban J connectivity index is 2.47. The lowest BCUT2D eigenvalue weighted by atomic mass is 10.2. The third-order valence-corrected chi connectivity index (χ3v) is 4.56. The minimum Gasteiger partial charge on any atom is -0.495 e. The number of nitrogens with zero attached hydrogens (tertiary/aromatic N) is 4. The van der Waals surface area contributed by atoms with Crippen molar-refractivity contribution in [2.75, 3.05) is 13.4 Å². The maximum absolute atomic E-state index is 5.43. The number of halogens is 2. The Kier molecular flexibility index (Phi) is 6.05. The Hall–Kier alpha value is -0.860. The monoisotopic (exact) mass is 446 g/mol. The molecule has 0 aliphatic rings. The molecule has 0 saturated heterocycles. The Bertz CT molecular complexity index is 700. The smallest absolute Gasteiger partial charge is 0.211 e. The fourth-order valence-corrected chi connectivity index (χ4v) is 3.74. The first-order valence-electron chi connectivity index (χ1n) is 6.54. The molecule has 5 nitrogen and oxygen atoms in total. The van der Waals surface area contributed by atoms with Gasteiger partial charge in [-0.3, -0.25) is 0 Å². The Labute approximate surface area is 150 Å². The summed E-state index contributed by atoms with van der Waals surface area (Å²) in [6, 6.07) is 3.88. The van der Waals surface area contributed by atoms with Gasteiger partial charge in [0.2, 0.25) is 5.16 Å². The summed E-state index contributed by atoms with van der Waals surface area (Å²) in [6.07, 6.45) is 3.71. The largest absolute Gasteiger partial charge is 0.495 e. The van der Waals surface area contributed by atoms with Crippen LogP contribution < -0.4 is 4.74 Å². The second-order valence-corrected chi connectivity index (χ2v) is 7.31. The van der Waals surface area contributed by atoms with Gasteiger partial charge in [-0.25, -0.2) is 0 Å². The quantitative estimate of drug-likeness (QED) is 0.498. The third-order valence-electron chi connectivity index (χ3n) is 2.89. The van der Waals surface area contributed by atoms with E-state index in [1.165, 1.54) is 11.8 Å². The summed E-state index contributed by atoms with van der Waals surface area (Å²) in [6.45, 7) is 4.13. The van der Waals surface area contributed by atoms with Gasteiger partial charge in [-0.1, -0.05) is 41.5 Å². The Morgan fingerprint density at radius 1 is 1.32 bits per heavy atom. The van der Waals surface area contributed by atoms with Gasteiger partial charge in [0, 0.05) is 16.0 Å². The molecule has 1 aromatic heterocycles. The van der Waals surface area contributed by atoms with E-state index in [-0.39, 0.29) is 5.92 Å². The van der Waals surface area contributed by atoms with Crippen LogP contribution in [-0.2, 0) is 0 Å². The number of methoxy groups -OCH3 is 1. The zero-order valence-electron chi connectivity index (χ0n) is 12.7. The van der Waals surface area contributed by atoms with E-state index in [1.807, 2.05) is 18.4 Å². The molecule has 0 saturated carbocycles. The third kappa shape index (κ3) is 3.72. The van der Waals surface area contributed by atoms with Gasteiger partial charge in [-0.15, -0.1) is 10.2 Å². The average Bonchev–Trinajstić information content (AvgIpc) is 2.87. The van der Waals surface area contributed by atoms with E-state index < -0.39 is 0 Å². The van der Waals surface area contributed by atoms with E-state index >= 15 is 0 Å². The summed E-state index contributed by atoms with van der Waals surface area (Å²) in [7, 11) is 1.64. The molecule has 8 heteroatoms. The normalized spacial score (nSPS) is 11.6. The number of hydrogen-bond acceptors (Lipinski definition) is 5. The van der Waals surface area contributed by atoms with Crippen LogP contribution in [-0.4, -0.2) is 34.5 Å². The zero-order chi connectivity index (χ0) is 16.3. The summed E-state index contributed by atoms with van der Waals surface area (Å²) in [5.41, 5.74) is 0.860. The molecule has 22 heavy (non-hydrogen) atoms. The zero-order valence-corrected chi connectivity index (χ0v) is 16.7. The van der Waals surface area contributed by atoms with E-state index in [4.69, 9.17) is 4.74 Å². The molecule has 0 bridgehead atoms. The van der Waals surface area contributed by atoms with Crippen LogP contribution in [0.3, 0.4) is 0 Å². The molecule has 0 N–H and O–H groups in total. The molecule has 0 spiro atoms. The topological polar surface area (TPSA) is 52.3 Å². The van der Waals surface area contributed by atoms with Gasteiger partial charge in [-0.05, 0) is 34.3 Å². The Morgan fingerprint density at radius 2 is 2.05 bits per heavy atom. The minimum absolute atomic E-state index is 0.238. The van der Waals surface area contributed by atoms with Crippen LogP contribution in [0.4, 0.5) is 0 Å². The molecular weight excluding hydrogens is 432 g/mol. The lowest BCUT2D eigenvalue weighted by Crippen LogP contribution is -2.02. The van der Waals surface area contributed by atoms with Crippen molar-refractivity contribution in [1.82, 2.24) is 14.9 Å². The molecule has 0 unspecified atom stereocenters. The van der Waals surface area contributed by atoms with Gasteiger partial charge in [0.15, 0.2) is 5.82 Å². The lowest BCUT2D eigenvalue weighted by molar-refractivity contribution is 0.411. The van der Waals surface area contributed by atoms with Crippen LogP contribution in [0.15, 0.2) is 31.3 Å². The molecule has 0 aliphatic heterocycles. The Morgan fingerprint density at radius 3 is 2.64 bits per heavy atom. The lowest BCUT2D eigenvalue weighted by Gasteiger charge is -2.09. The number of benzene rings is 1. The molecule has 0 radical (unpaired) electrons. The molecule has 2 aromatic rings. The standard InChI is InChI=1S/C14H16Br2N4OS/c1-8(2)13-18-19-14(22-4)20(13)17-7-9-5-10(15)6-11(16)12(9)21-3/h5-8H,1-4H3/b17-7-. The molecule has 2 rings (SSSR count). The fourth-order valence-electron chi connectivity index (χ4n) is 1.88. The molecule has 1 aromatic carbocycles. The first-order valence-corrected chi connectivity index (χ1v) is 9.35. The van der Waals surface area contributed by atoms with Crippen molar-refractivity contribution in [3.63, 3.8) is 0 Å². The predicted molar refractivity (Wildman–Crippen MR) is 97.3 cm³/mol. The van der Waals surface area contributed by atoms with Crippen molar-refractivity contribution < 1.29 is 4.74 Å². The van der Waals surface area contributed by atoms with E-state index in [2.05, 4.69) is 61.0 Å². The van der Waals surface area contributed by atoms with E-state index in [0.29, 0.717) is 0 Å². The highest BCUT2D eigenvalue weighted by Crippen LogP contribution is 2.31. The molecule has 0 amide bonds. The molecule has 1 heterocycles. The van der Waals surface area contributed by atoms with Gasteiger partial charge in [0.1, 0.15) is 5.75 Å². The summed E-state index contributed by atoms with van der Waals surface area (Å²) in [5.74, 6) is 1.80. The summed E-state index contributed by atoms with van der Waals surface area (Å²) < 4.78 is 9.01. The van der Waals surface area contributed by atoms with Crippen molar-refractivity contribution >= 4 is 49.8 Å². The van der Waals surface area contributed by atoms with Gasteiger partial charge in [0.05, 0.1) is 17.8 Å². The molecular formula is C14H16Br2N4OS. The van der Waals surface area contributed by atoms with Crippen LogP contribution >= 0.6 is 43.6 Å². The van der Waals surface area contributed by atoms with Crippen LogP contribution in [0.1, 0.15) is 31.2 Å². The number of rotatable bonds is 5. The van der Waals surface area contributed by atoms with Gasteiger partial charge >= 0.3 is 0 Å². The highest BCUT2D eigenvalue weighted by Gasteiger charge is 2.14. The first-order chi connectivity index (χ1) is 10.5. The number of thioether (sulfide) groups is 1. The highest BCUT2D eigenvalue weighted by atomic mass is 79.9. The highest BCUT2D eigenvalue weighted by molar-refractivity contribution is 9.11. The number of aromatic nitrogens is 3. The number of hydrogen-bond donors (Lipinski definition) is 0. The van der Waals surface area contributed by atoms with Crippen molar-refractivity contribution in [3.8, 4) is 5.75 Å². The average molecular weight is 448 g/mol. The maximum Gasteiger partial charge on any atom is 0.211 e. The van der Waals surface area contributed by atoms with E-state index in [1.54, 1.807) is 18.0 Å². The maximum atomic E-state index is 5.43. The second kappa shape index (κ2) is 7.61. The summed E-state index contributed by atoms with van der Waals surface area (Å²) in [4.78, 5) is 0. The summed E-state index contributed by atoms with van der Waals surface area (Å²) in [5, 5.41) is 13.7. The first kappa shape index (κ1) is 17.5. The van der Waals surface area contributed by atoms with E-state index in [9.17, 15) is 0 Å². The van der Waals surface area contributed by atoms with E-state index in [0.717, 1.165) is 31.2 Å². The van der Waals surface area contributed by atoms with Crippen LogP contribution in [0, 0.1) is 0 Å². The molecule has 0 aliphatic carbocycles. The predicted octanol–water partition coefficient (Wildman–Crippen LogP) is 4.54. The van der Waals surface area contributed by atoms with Crippen LogP contribution in [0.5, 0.6) is 5.75 Å². The van der Waals surface area contributed by atoms with Gasteiger partial charge in [-0.2, -0.15) is 9.78 Å². The minimum atomic E-state index is 0.238. The fraction of sp³-hybridized carbons (Fsp3) is 0.357. The van der Waals surface area contributed by atoms with Crippen molar-refractivity contribution in [3.05, 3.63) is 32.5 Å². The van der Waals surface area contributed by atoms with Gasteiger partial charge < -0.3 is 4.74 Å². The molecule has 118 valence electrons. The van der Waals surface area contributed by atoms with Crippen molar-refractivity contribution in [2.45, 2.75) is 24.9 Å².